The SMILES string of the molecule is CC#Cc1ccc(-c2cc(=O)[nH]c3c(C4CCCCC4)c(C)nn23)c(O)c1. The third kappa shape index (κ3) is 3.12. The lowest BCUT2D eigenvalue weighted by atomic mass is 9.84. The first-order valence-corrected chi connectivity index (χ1v) is 9.47. The van der Waals surface area contributed by atoms with Gasteiger partial charge in [-0.1, -0.05) is 25.2 Å². The first-order valence-electron chi connectivity index (χ1n) is 9.47. The molecule has 2 heterocycles. The molecule has 1 saturated carbocycles. The van der Waals surface area contributed by atoms with Crippen molar-refractivity contribution in [3.63, 3.8) is 0 Å². The molecule has 3 aromatic rings. The summed E-state index contributed by atoms with van der Waals surface area (Å²) in [5.74, 6) is 6.27. The molecule has 0 spiro atoms. The van der Waals surface area contributed by atoms with Crippen molar-refractivity contribution in [2.24, 2.45) is 0 Å². The summed E-state index contributed by atoms with van der Waals surface area (Å²) in [5.41, 5.74) is 4.54. The smallest absolute Gasteiger partial charge is 0.251 e. The Balaban J connectivity index is 1.92. The molecule has 0 atom stereocenters. The van der Waals surface area contributed by atoms with Gasteiger partial charge >= 0.3 is 0 Å². The summed E-state index contributed by atoms with van der Waals surface area (Å²) in [6.07, 6.45) is 5.96. The molecule has 4 rings (SSSR count). The first-order chi connectivity index (χ1) is 13.1. The van der Waals surface area contributed by atoms with Gasteiger partial charge in [-0.05, 0) is 50.8 Å². The Bertz CT molecular complexity index is 1120. The fourth-order valence-electron chi connectivity index (χ4n) is 4.21. The van der Waals surface area contributed by atoms with Gasteiger partial charge < -0.3 is 10.1 Å². The normalized spacial score (nSPS) is 14.9. The minimum Gasteiger partial charge on any atom is -0.507 e. The highest BCUT2D eigenvalue weighted by Gasteiger charge is 2.24. The maximum atomic E-state index is 12.4. The Morgan fingerprint density at radius 2 is 2.00 bits per heavy atom. The zero-order valence-corrected chi connectivity index (χ0v) is 15.7. The molecule has 2 N–H and O–H groups in total. The number of phenols is 1. The maximum Gasteiger partial charge on any atom is 0.251 e. The van der Waals surface area contributed by atoms with Crippen molar-refractivity contribution in [3.05, 3.63) is 51.4 Å². The van der Waals surface area contributed by atoms with Gasteiger partial charge in [-0.2, -0.15) is 5.10 Å². The van der Waals surface area contributed by atoms with E-state index in [2.05, 4.69) is 16.8 Å². The maximum absolute atomic E-state index is 12.4. The monoisotopic (exact) mass is 361 g/mol. The van der Waals surface area contributed by atoms with Crippen LogP contribution in [-0.4, -0.2) is 19.7 Å². The Hall–Kier alpha value is -3.00. The molecule has 1 aliphatic rings. The number of benzene rings is 1. The van der Waals surface area contributed by atoms with Crippen molar-refractivity contribution in [1.82, 2.24) is 14.6 Å². The van der Waals surface area contributed by atoms with Gasteiger partial charge in [0.05, 0.1) is 11.4 Å². The fraction of sp³-hybridized carbons (Fsp3) is 0.364. The van der Waals surface area contributed by atoms with Crippen molar-refractivity contribution in [1.29, 1.82) is 0 Å². The van der Waals surface area contributed by atoms with E-state index in [1.54, 1.807) is 23.6 Å². The van der Waals surface area contributed by atoms with Crippen LogP contribution in [-0.2, 0) is 0 Å². The second kappa shape index (κ2) is 6.96. The van der Waals surface area contributed by atoms with Crippen LogP contribution in [0.3, 0.4) is 0 Å². The second-order valence-electron chi connectivity index (χ2n) is 7.22. The summed E-state index contributed by atoms with van der Waals surface area (Å²) in [5, 5.41) is 15.2. The number of nitrogens with zero attached hydrogens (tertiary/aromatic N) is 2. The molecule has 1 aromatic carbocycles. The molecule has 0 bridgehead atoms. The predicted octanol–water partition coefficient (Wildman–Crippen LogP) is 4.12. The molecule has 0 radical (unpaired) electrons. The number of rotatable bonds is 2. The van der Waals surface area contributed by atoms with Crippen molar-refractivity contribution in [3.8, 4) is 28.8 Å². The molecule has 138 valence electrons. The number of hydrogen-bond acceptors (Lipinski definition) is 3. The molecule has 1 fully saturated rings. The number of nitrogens with one attached hydrogen (secondary N) is 1. The molecule has 0 unspecified atom stereocenters. The minimum atomic E-state index is -0.189. The summed E-state index contributed by atoms with van der Waals surface area (Å²) in [6, 6.07) is 6.75. The number of phenolic OH excluding ortho intramolecular Hbond substituents is 1. The summed E-state index contributed by atoms with van der Waals surface area (Å²) in [7, 11) is 0. The molecular weight excluding hydrogens is 338 g/mol. The van der Waals surface area contributed by atoms with Crippen molar-refractivity contribution < 1.29 is 5.11 Å². The van der Waals surface area contributed by atoms with Gasteiger partial charge in [0, 0.05) is 22.8 Å². The average Bonchev–Trinajstić information content (AvgIpc) is 2.98. The van der Waals surface area contributed by atoms with Crippen LogP contribution in [0, 0.1) is 18.8 Å². The molecule has 1 aliphatic carbocycles. The van der Waals surface area contributed by atoms with Crippen LogP contribution >= 0.6 is 0 Å². The summed E-state index contributed by atoms with van der Waals surface area (Å²) < 4.78 is 1.76. The van der Waals surface area contributed by atoms with Crippen LogP contribution in [0.25, 0.3) is 16.9 Å². The van der Waals surface area contributed by atoms with Crippen molar-refractivity contribution in [2.75, 3.05) is 0 Å². The van der Waals surface area contributed by atoms with E-state index in [-0.39, 0.29) is 11.3 Å². The zero-order chi connectivity index (χ0) is 19.0. The van der Waals surface area contributed by atoms with Crippen LogP contribution in [0.1, 0.15) is 61.8 Å². The third-order valence-electron chi connectivity index (χ3n) is 5.40. The van der Waals surface area contributed by atoms with Crippen LogP contribution < -0.4 is 5.56 Å². The summed E-state index contributed by atoms with van der Waals surface area (Å²) in [6.45, 7) is 3.75. The first kappa shape index (κ1) is 17.4. The molecule has 27 heavy (non-hydrogen) atoms. The van der Waals surface area contributed by atoms with Gasteiger partial charge in [0.15, 0.2) is 0 Å². The molecular formula is C22H23N3O2. The number of aromatic hydroxyl groups is 1. The van der Waals surface area contributed by atoms with E-state index in [1.807, 2.05) is 13.0 Å². The topological polar surface area (TPSA) is 70.4 Å². The van der Waals surface area contributed by atoms with E-state index in [0.29, 0.717) is 17.2 Å². The number of hydrogen-bond donors (Lipinski definition) is 2. The number of fused-ring (bicyclic) bond motifs is 1. The van der Waals surface area contributed by atoms with E-state index in [0.717, 1.165) is 35.3 Å². The highest BCUT2D eigenvalue weighted by atomic mass is 16.3. The van der Waals surface area contributed by atoms with E-state index < -0.39 is 0 Å². The molecule has 5 nitrogen and oxygen atoms in total. The predicted molar refractivity (Wildman–Crippen MR) is 106 cm³/mol. The Morgan fingerprint density at radius 1 is 1.22 bits per heavy atom. The standard InChI is InChI=1S/C22H23N3O2/c1-3-7-15-10-11-17(19(26)12-15)18-13-20(27)23-22-21(14(2)24-25(18)22)16-8-5-4-6-9-16/h10-13,16,26H,4-6,8-9H2,1-2H3,(H,23,27). The van der Waals surface area contributed by atoms with E-state index in [9.17, 15) is 9.90 Å². The van der Waals surface area contributed by atoms with Gasteiger partial charge in [-0.3, -0.25) is 4.79 Å². The van der Waals surface area contributed by atoms with Crippen LogP contribution in [0.2, 0.25) is 0 Å². The Kier molecular flexibility index (Phi) is 4.49. The number of H-pyrrole nitrogens is 1. The van der Waals surface area contributed by atoms with Crippen LogP contribution in [0.15, 0.2) is 29.1 Å². The molecule has 0 amide bonds. The van der Waals surface area contributed by atoms with Gasteiger partial charge in [-0.25, -0.2) is 4.52 Å². The largest absolute Gasteiger partial charge is 0.507 e. The van der Waals surface area contributed by atoms with Crippen LogP contribution in [0.4, 0.5) is 0 Å². The van der Waals surface area contributed by atoms with E-state index >= 15 is 0 Å². The third-order valence-corrected chi connectivity index (χ3v) is 5.40. The van der Waals surface area contributed by atoms with Gasteiger partial charge in [-0.15, -0.1) is 5.92 Å². The van der Waals surface area contributed by atoms with Crippen molar-refractivity contribution >= 4 is 5.65 Å². The molecule has 2 aromatic heterocycles. The van der Waals surface area contributed by atoms with Crippen LogP contribution in [0.5, 0.6) is 5.75 Å². The fourth-order valence-corrected chi connectivity index (χ4v) is 4.21. The lowest BCUT2D eigenvalue weighted by Crippen LogP contribution is -2.12. The van der Waals surface area contributed by atoms with E-state index in [4.69, 9.17) is 5.10 Å². The summed E-state index contributed by atoms with van der Waals surface area (Å²) >= 11 is 0. The highest BCUT2D eigenvalue weighted by Crippen LogP contribution is 2.37. The van der Waals surface area contributed by atoms with Crippen molar-refractivity contribution in [2.45, 2.75) is 51.9 Å². The molecule has 5 heteroatoms. The Morgan fingerprint density at radius 3 is 2.70 bits per heavy atom. The summed E-state index contributed by atoms with van der Waals surface area (Å²) in [4.78, 5) is 15.4. The van der Waals surface area contributed by atoms with E-state index in [1.165, 1.54) is 25.3 Å². The van der Waals surface area contributed by atoms with Gasteiger partial charge in [0.2, 0.25) is 0 Å². The average molecular weight is 361 g/mol. The Labute approximate surface area is 158 Å². The number of aromatic nitrogens is 3. The second-order valence-corrected chi connectivity index (χ2v) is 7.22. The lowest BCUT2D eigenvalue weighted by molar-refractivity contribution is 0.444. The quantitative estimate of drug-likeness (QED) is 0.675. The molecule has 0 saturated heterocycles. The zero-order valence-electron chi connectivity index (χ0n) is 15.7. The minimum absolute atomic E-state index is 0.0921. The molecule has 0 aliphatic heterocycles. The van der Waals surface area contributed by atoms with Gasteiger partial charge in [0.1, 0.15) is 11.4 Å². The van der Waals surface area contributed by atoms with Gasteiger partial charge in [0.25, 0.3) is 5.56 Å². The number of aromatic amines is 1. The number of aryl methyl sites for hydroxylation is 1. The highest BCUT2D eigenvalue weighted by molar-refractivity contribution is 5.71. The lowest BCUT2D eigenvalue weighted by Gasteiger charge is -2.21.